The molecule has 0 saturated carbocycles. The summed E-state index contributed by atoms with van der Waals surface area (Å²) in [6, 6.07) is 9.68. The first-order chi connectivity index (χ1) is 12.7. The van der Waals surface area contributed by atoms with E-state index in [0.29, 0.717) is 31.5 Å². The normalized spacial score (nSPS) is 15.0. The predicted molar refractivity (Wildman–Crippen MR) is 97.0 cm³/mol. The van der Waals surface area contributed by atoms with Gasteiger partial charge < -0.3 is 10.2 Å². The van der Waals surface area contributed by atoms with Crippen molar-refractivity contribution in [2.24, 2.45) is 0 Å². The second kappa shape index (κ2) is 7.42. The Morgan fingerprint density at radius 3 is 2.44 bits per heavy atom. The van der Waals surface area contributed by atoms with Gasteiger partial charge in [0.25, 0.3) is 5.91 Å². The van der Waals surface area contributed by atoms with Crippen molar-refractivity contribution >= 4 is 23.1 Å². The summed E-state index contributed by atoms with van der Waals surface area (Å²) in [5.74, 6) is -0.258. The average molecular weight is 376 g/mol. The zero-order valence-electron chi connectivity index (χ0n) is 14.8. The van der Waals surface area contributed by atoms with Crippen LogP contribution < -0.4 is 10.2 Å². The van der Waals surface area contributed by atoms with Gasteiger partial charge in [0.2, 0.25) is 0 Å². The molecule has 2 aromatic rings. The van der Waals surface area contributed by atoms with Gasteiger partial charge in [0.15, 0.2) is 0 Å². The maximum atomic E-state index is 12.8. The molecule has 1 fully saturated rings. The largest absolute Gasteiger partial charge is 0.416 e. The van der Waals surface area contributed by atoms with Crippen LogP contribution in [0.15, 0.2) is 42.5 Å². The van der Waals surface area contributed by atoms with Gasteiger partial charge in [-0.2, -0.15) is 13.2 Å². The highest BCUT2D eigenvalue weighted by molar-refractivity contribution is 6.05. The zero-order chi connectivity index (χ0) is 19.6. The van der Waals surface area contributed by atoms with Crippen LogP contribution in [0.4, 0.5) is 24.5 Å². The van der Waals surface area contributed by atoms with Gasteiger partial charge in [-0.1, -0.05) is 12.1 Å². The van der Waals surface area contributed by atoms with E-state index in [1.807, 2.05) is 6.92 Å². The van der Waals surface area contributed by atoms with Crippen LogP contribution in [0.5, 0.6) is 0 Å². The third-order valence-electron chi connectivity index (χ3n) is 4.58. The summed E-state index contributed by atoms with van der Waals surface area (Å²) in [5.41, 5.74) is 1.45. The summed E-state index contributed by atoms with van der Waals surface area (Å²) in [6.45, 7) is 3.11. The highest BCUT2D eigenvalue weighted by atomic mass is 19.4. The lowest BCUT2D eigenvalue weighted by molar-refractivity contribution is -0.137. The predicted octanol–water partition coefficient (Wildman–Crippen LogP) is 4.44. The molecule has 0 unspecified atom stereocenters. The third kappa shape index (κ3) is 4.48. The number of piperidine rings is 1. The Labute approximate surface area is 155 Å². The first-order valence-corrected chi connectivity index (χ1v) is 8.60. The van der Waals surface area contributed by atoms with Crippen molar-refractivity contribution in [3.8, 4) is 0 Å². The van der Waals surface area contributed by atoms with Crippen LogP contribution in [0.2, 0.25) is 0 Å². The topological polar surface area (TPSA) is 49.4 Å². The van der Waals surface area contributed by atoms with Crippen molar-refractivity contribution in [3.63, 3.8) is 0 Å². The summed E-state index contributed by atoms with van der Waals surface area (Å²) < 4.78 is 38.5. The number of amides is 1. The average Bonchev–Trinajstić information content (AvgIpc) is 2.62. The van der Waals surface area contributed by atoms with Crippen LogP contribution in [0.3, 0.4) is 0 Å². The molecule has 142 valence electrons. The molecule has 0 spiro atoms. The third-order valence-corrected chi connectivity index (χ3v) is 4.58. The second-order valence-electron chi connectivity index (χ2n) is 6.56. The van der Waals surface area contributed by atoms with Crippen LogP contribution in [0.1, 0.15) is 34.3 Å². The van der Waals surface area contributed by atoms with Gasteiger partial charge in [-0.3, -0.25) is 9.59 Å². The lowest BCUT2D eigenvalue weighted by Gasteiger charge is -2.29. The molecule has 0 aliphatic carbocycles. The second-order valence-corrected chi connectivity index (χ2v) is 6.56. The molecule has 1 N–H and O–H groups in total. The fraction of sp³-hybridized carbons (Fsp3) is 0.300. The van der Waals surface area contributed by atoms with Crippen molar-refractivity contribution in [1.29, 1.82) is 0 Å². The van der Waals surface area contributed by atoms with Crippen molar-refractivity contribution in [3.05, 3.63) is 59.2 Å². The molecular formula is C20H19F3N2O2. The number of ketones is 1. The summed E-state index contributed by atoms with van der Waals surface area (Å²) in [5, 5.41) is 2.52. The SMILES string of the molecule is Cc1ccc(C(=O)Nc2cccc(C(F)(F)F)c2)cc1N1CCC(=O)CC1. The smallest absolute Gasteiger partial charge is 0.370 e. The van der Waals surface area contributed by atoms with E-state index in [1.165, 1.54) is 12.1 Å². The standard InChI is InChI=1S/C20H19F3N2O2/c1-13-5-6-14(11-18(13)25-9-7-17(26)8-10-25)19(27)24-16-4-2-3-15(12-16)20(21,22)23/h2-6,11-12H,7-10H2,1H3,(H,24,27). The minimum atomic E-state index is -4.47. The molecule has 1 aliphatic heterocycles. The number of alkyl halides is 3. The van der Waals surface area contributed by atoms with Crippen molar-refractivity contribution in [2.75, 3.05) is 23.3 Å². The fourth-order valence-corrected chi connectivity index (χ4v) is 3.06. The first kappa shape index (κ1) is 18.9. The summed E-state index contributed by atoms with van der Waals surface area (Å²) in [7, 11) is 0. The van der Waals surface area contributed by atoms with E-state index in [4.69, 9.17) is 0 Å². The van der Waals surface area contributed by atoms with E-state index in [1.54, 1.807) is 18.2 Å². The Kier molecular flexibility index (Phi) is 5.21. The number of anilines is 2. The number of hydrogen-bond donors (Lipinski definition) is 1. The fourth-order valence-electron chi connectivity index (χ4n) is 3.06. The number of rotatable bonds is 3. The molecule has 3 rings (SSSR count). The van der Waals surface area contributed by atoms with E-state index in [2.05, 4.69) is 10.2 Å². The molecule has 0 atom stereocenters. The molecule has 1 amide bonds. The Morgan fingerprint density at radius 2 is 1.78 bits per heavy atom. The van der Waals surface area contributed by atoms with E-state index in [9.17, 15) is 22.8 Å². The van der Waals surface area contributed by atoms with Gasteiger partial charge in [-0.05, 0) is 42.8 Å². The number of Topliss-reactive ketones (excluding diaryl/α,β-unsaturated/α-hetero) is 1. The quantitative estimate of drug-likeness (QED) is 0.862. The van der Waals surface area contributed by atoms with E-state index in [0.717, 1.165) is 23.4 Å². The van der Waals surface area contributed by atoms with Crippen molar-refractivity contribution in [2.45, 2.75) is 25.9 Å². The summed E-state index contributed by atoms with van der Waals surface area (Å²) in [4.78, 5) is 26.0. The van der Waals surface area contributed by atoms with Crippen LogP contribution >= 0.6 is 0 Å². The van der Waals surface area contributed by atoms with Gasteiger partial charge in [0.1, 0.15) is 5.78 Å². The van der Waals surface area contributed by atoms with Gasteiger partial charge in [0, 0.05) is 42.9 Å². The zero-order valence-corrected chi connectivity index (χ0v) is 14.8. The molecule has 0 radical (unpaired) electrons. The minimum Gasteiger partial charge on any atom is -0.370 e. The van der Waals surface area contributed by atoms with E-state index < -0.39 is 17.6 Å². The number of nitrogens with one attached hydrogen (secondary N) is 1. The Balaban J connectivity index is 1.79. The first-order valence-electron chi connectivity index (χ1n) is 8.60. The maximum absolute atomic E-state index is 12.8. The number of hydrogen-bond acceptors (Lipinski definition) is 3. The van der Waals surface area contributed by atoms with Gasteiger partial charge in [-0.25, -0.2) is 0 Å². The lowest BCUT2D eigenvalue weighted by atomic mass is 10.0. The molecule has 0 aromatic heterocycles. The molecule has 1 aliphatic rings. The van der Waals surface area contributed by atoms with Crippen LogP contribution in [0.25, 0.3) is 0 Å². The van der Waals surface area contributed by atoms with Crippen molar-refractivity contribution < 1.29 is 22.8 Å². The Hall–Kier alpha value is -2.83. The highest BCUT2D eigenvalue weighted by Gasteiger charge is 2.30. The number of nitrogens with zero attached hydrogens (tertiary/aromatic N) is 1. The van der Waals surface area contributed by atoms with Gasteiger partial charge in [0.05, 0.1) is 5.56 Å². The molecule has 7 heteroatoms. The molecule has 4 nitrogen and oxygen atoms in total. The molecule has 27 heavy (non-hydrogen) atoms. The number of halogens is 3. The highest BCUT2D eigenvalue weighted by Crippen LogP contribution is 2.31. The molecular weight excluding hydrogens is 357 g/mol. The Bertz CT molecular complexity index is 868. The molecule has 0 bridgehead atoms. The molecule has 1 saturated heterocycles. The number of carbonyl (C=O) groups excluding carboxylic acids is 2. The monoisotopic (exact) mass is 376 g/mol. The van der Waals surface area contributed by atoms with Crippen LogP contribution in [0, 0.1) is 6.92 Å². The van der Waals surface area contributed by atoms with Crippen LogP contribution in [-0.2, 0) is 11.0 Å². The summed E-state index contributed by atoms with van der Waals surface area (Å²) >= 11 is 0. The lowest BCUT2D eigenvalue weighted by Crippen LogP contribution is -2.34. The number of aryl methyl sites for hydroxylation is 1. The van der Waals surface area contributed by atoms with E-state index in [-0.39, 0.29) is 11.5 Å². The van der Waals surface area contributed by atoms with Crippen LogP contribution in [-0.4, -0.2) is 24.8 Å². The van der Waals surface area contributed by atoms with Gasteiger partial charge >= 0.3 is 6.18 Å². The number of benzene rings is 2. The Morgan fingerprint density at radius 1 is 1.07 bits per heavy atom. The van der Waals surface area contributed by atoms with Crippen molar-refractivity contribution in [1.82, 2.24) is 0 Å². The van der Waals surface area contributed by atoms with Gasteiger partial charge in [-0.15, -0.1) is 0 Å². The molecule has 2 aromatic carbocycles. The van der Waals surface area contributed by atoms with E-state index >= 15 is 0 Å². The summed E-state index contributed by atoms with van der Waals surface area (Å²) in [6.07, 6.45) is -3.52. The minimum absolute atomic E-state index is 0.0838. The molecule has 1 heterocycles. The number of carbonyl (C=O) groups is 2. The maximum Gasteiger partial charge on any atom is 0.416 e.